The predicted molar refractivity (Wildman–Crippen MR) is 83.7 cm³/mol. The number of nitrogens with one attached hydrogen (secondary N) is 1. The summed E-state index contributed by atoms with van der Waals surface area (Å²) in [5.74, 6) is 0. The summed E-state index contributed by atoms with van der Waals surface area (Å²) in [6.45, 7) is 3.94. The average molecular weight is 331 g/mol. The van der Waals surface area contributed by atoms with Crippen molar-refractivity contribution in [3.8, 4) is 0 Å². The topological polar surface area (TPSA) is 72.2 Å². The molecule has 2 aromatic rings. The minimum Gasteiger partial charge on any atom is -0.397 e. The van der Waals surface area contributed by atoms with Crippen LogP contribution in [0.25, 0.3) is 0 Å². The molecule has 1 aromatic heterocycles. The Morgan fingerprint density at radius 1 is 1.25 bits per heavy atom. The summed E-state index contributed by atoms with van der Waals surface area (Å²) in [6.07, 6.45) is 0. The van der Waals surface area contributed by atoms with Crippen LogP contribution in [0, 0.1) is 13.8 Å². The van der Waals surface area contributed by atoms with Gasteiger partial charge >= 0.3 is 0 Å². The highest BCUT2D eigenvalue weighted by Gasteiger charge is 2.17. The second-order valence-electron chi connectivity index (χ2n) is 4.55. The molecule has 0 fully saturated rings. The number of aryl methyl sites for hydroxylation is 2. The maximum Gasteiger partial charge on any atom is 0.240 e. The monoisotopic (exact) mass is 330 g/mol. The number of hydrogen-bond acceptors (Lipinski definition) is 4. The van der Waals surface area contributed by atoms with Gasteiger partial charge in [0.25, 0.3) is 0 Å². The molecule has 1 aromatic carbocycles. The Morgan fingerprint density at radius 3 is 2.50 bits per heavy atom. The maximum atomic E-state index is 12.2. The number of anilines is 1. The lowest BCUT2D eigenvalue weighted by Gasteiger charge is -2.10. The second-order valence-corrected chi connectivity index (χ2v) is 7.44. The van der Waals surface area contributed by atoms with E-state index in [1.807, 2.05) is 17.7 Å². The van der Waals surface area contributed by atoms with Crippen molar-refractivity contribution in [2.75, 3.05) is 5.73 Å². The van der Waals surface area contributed by atoms with Crippen molar-refractivity contribution in [1.29, 1.82) is 0 Å². The Kier molecular flexibility index (Phi) is 4.39. The van der Waals surface area contributed by atoms with Gasteiger partial charge in [-0.1, -0.05) is 11.6 Å². The molecule has 1 heterocycles. The summed E-state index contributed by atoms with van der Waals surface area (Å²) >= 11 is 7.49. The third-order valence-corrected chi connectivity index (χ3v) is 5.79. The van der Waals surface area contributed by atoms with Crippen molar-refractivity contribution in [2.24, 2.45) is 0 Å². The fraction of sp³-hybridized carbons (Fsp3) is 0.231. The first-order valence-electron chi connectivity index (χ1n) is 5.88. The van der Waals surface area contributed by atoms with Gasteiger partial charge < -0.3 is 5.73 Å². The van der Waals surface area contributed by atoms with Gasteiger partial charge in [-0.2, -0.15) is 11.3 Å². The van der Waals surface area contributed by atoms with Crippen LogP contribution in [0.1, 0.15) is 16.7 Å². The van der Waals surface area contributed by atoms with Crippen molar-refractivity contribution in [3.05, 3.63) is 44.6 Å². The van der Waals surface area contributed by atoms with Crippen LogP contribution in [0.2, 0.25) is 5.02 Å². The molecule has 2 rings (SSSR count). The quantitative estimate of drug-likeness (QED) is 0.846. The lowest BCUT2D eigenvalue weighted by Crippen LogP contribution is -2.23. The lowest BCUT2D eigenvalue weighted by atomic mass is 10.2. The van der Waals surface area contributed by atoms with Gasteiger partial charge in [0.15, 0.2) is 0 Å². The van der Waals surface area contributed by atoms with Gasteiger partial charge in [0.05, 0.1) is 15.6 Å². The van der Waals surface area contributed by atoms with Gasteiger partial charge in [-0.25, -0.2) is 13.1 Å². The number of benzene rings is 1. The van der Waals surface area contributed by atoms with Gasteiger partial charge in [-0.3, -0.25) is 0 Å². The molecule has 0 unspecified atom stereocenters. The fourth-order valence-electron chi connectivity index (χ4n) is 1.74. The van der Waals surface area contributed by atoms with Gasteiger partial charge in [-0.15, -0.1) is 0 Å². The van der Waals surface area contributed by atoms with E-state index in [1.54, 1.807) is 18.3 Å². The zero-order valence-corrected chi connectivity index (χ0v) is 13.5. The molecule has 3 N–H and O–H groups in total. The molecular formula is C13H15ClN2O2S2. The molecular weight excluding hydrogens is 316 g/mol. The number of nitrogen functional groups attached to an aromatic ring is 1. The zero-order valence-electron chi connectivity index (χ0n) is 11.1. The third-order valence-electron chi connectivity index (χ3n) is 2.98. The normalized spacial score (nSPS) is 11.8. The van der Waals surface area contributed by atoms with E-state index in [2.05, 4.69) is 4.72 Å². The molecule has 0 saturated carbocycles. The number of thiophene rings is 1. The van der Waals surface area contributed by atoms with Crippen molar-refractivity contribution < 1.29 is 8.42 Å². The molecule has 0 radical (unpaired) electrons. The first-order chi connectivity index (χ1) is 9.31. The molecule has 0 atom stereocenters. The van der Waals surface area contributed by atoms with Crippen molar-refractivity contribution in [3.63, 3.8) is 0 Å². The van der Waals surface area contributed by atoms with E-state index in [9.17, 15) is 8.42 Å². The number of nitrogens with two attached hydrogens (primary N) is 1. The summed E-state index contributed by atoms with van der Waals surface area (Å²) in [5, 5.41) is 4.30. The van der Waals surface area contributed by atoms with Crippen LogP contribution in [-0.2, 0) is 16.6 Å². The molecule has 0 bridgehead atoms. The van der Waals surface area contributed by atoms with Crippen molar-refractivity contribution in [2.45, 2.75) is 25.3 Å². The largest absolute Gasteiger partial charge is 0.397 e. The molecule has 0 spiro atoms. The zero-order chi connectivity index (χ0) is 14.9. The summed E-state index contributed by atoms with van der Waals surface area (Å²) in [5.41, 5.74) is 8.65. The molecule has 7 heteroatoms. The minimum absolute atomic E-state index is 0.129. The van der Waals surface area contributed by atoms with Crippen LogP contribution in [0.15, 0.2) is 27.8 Å². The van der Waals surface area contributed by atoms with E-state index < -0.39 is 10.0 Å². The smallest absolute Gasteiger partial charge is 0.240 e. The van der Waals surface area contributed by atoms with Crippen LogP contribution in [-0.4, -0.2) is 8.42 Å². The Morgan fingerprint density at radius 2 is 1.95 bits per heavy atom. The Labute approximate surface area is 127 Å². The highest BCUT2D eigenvalue weighted by molar-refractivity contribution is 7.89. The third kappa shape index (κ3) is 3.15. The van der Waals surface area contributed by atoms with Gasteiger partial charge in [0.1, 0.15) is 0 Å². The van der Waals surface area contributed by atoms with Gasteiger partial charge in [0, 0.05) is 6.54 Å². The summed E-state index contributed by atoms with van der Waals surface area (Å²) in [7, 11) is -3.60. The minimum atomic E-state index is -3.60. The lowest BCUT2D eigenvalue weighted by molar-refractivity contribution is 0.581. The van der Waals surface area contributed by atoms with Crippen molar-refractivity contribution in [1.82, 2.24) is 4.72 Å². The van der Waals surface area contributed by atoms with E-state index in [0.717, 1.165) is 11.1 Å². The fourth-order valence-corrected chi connectivity index (χ4v) is 3.83. The van der Waals surface area contributed by atoms with E-state index in [0.29, 0.717) is 10.6 Å². The second kappa shape index (κ2) is 5.73. The number of rotatable bonds is 4. The van der Waals surface area contributed by atoms with Crippen LogP contribution in [0.4, 0.5) is 5.69 Å². The van der Waals surface area contributed by atoms with Crippen LogP contribution < -0.4 is 10.5 Å². The summed E-state index contributed by atoms with van der Waals surface area (Å²) < 4.78 is 27.1. The molecule has 0 aliphatic carbocycles. The molecule has 0 saturated heterocycles. The van der Waals surface area contributed by atoms with Crippen LogP contribution in [0.3, 0.4) is 0 Å². The van der Waals surface area contributed by atoms with E-state index in [1.165, 1.54) is 12.1 Å². The van der Waals surface area contributed by atoms with Gasteiger partial charge in [0.2, 0.25) is 10.0 Å². The Bertz CT molecular complexity index is 716. The molecule has 0 amide bonds. The SMILES string of the molecule is Cc1cscc1CNS(=O)(=O)c1cc(C)c(Cl)c(N)c1. The number of halogens is 1. The number of hydrogen-bond donors (Lipinski definition) is 2. The molecule has 108 valence electrons. The Hall–Kier alpha value is -1.08. The van der Waals surface area contributed by atoms with E-state index >= 15 is 0 Å². The summed E-state index contributed by atoms with van der Waals surface area (Å²) in [6, 6.07) is 2.89. The van der Waals surface area contributed by atoms with Crippen LogP contribution in [0.5, 0.6) is 0 Å². The molecule has 0 aliphatic heterocycles. The number of sulfonamides is 1. The van der Waals surface area contributed by atoms with Gasteiger partial charge in [-0.05, 0) is 53.4 Å². The van der Waals surface area contributed by atoms with Crippen molar-refractivity contribution >= 4 is 38.6 Å². The van der Waals surface area contributed by atoms with Crippen LogP contribution >= 0.6 is 22.9 Å². The first-order valence-corrected chi connectivity index (χ1v) is 8.68. The molecule has 20 heavy (non-hydrogen) atoms. The van der Waals surface area contributed by atoms with E-state index in [4.69, 9.17) is 17.3 Å². The molecule has 4 nitrogen and oxygen atoms in total. The summed E-state index contributed by atoms with van der Waals surface area (Å²) in [4.78, 5) is 0.129. The Balaban J connectivity index is 2.25. The average Bonchev–Trinajstić information content (AvgIpc) is 2.78. The first kappa shape index (κ1) is 15.3. The molecule has 0 aliphatic rings. The standard InChI is InChI=1S/C13H15ClN2O2S2/c1-8-3-11(4-12(15)13(8)14)20(17,18)16-5-10-7-19-6-9(10)2/h3-4,6-7,16H,5,15H2,1-2H3. The highest BCUT2D eigenvalue weighted by atomic mass is 35.5. The van der Waals surface area contributed by atoms with E-state index in [-0.39, 0.29) is 17.1 Å². The highest BCUT2D eigenvalue weighted by Crippen LogP contribution is 2.27. The predicted octanol–water partition coefficient (Wildman–Crippen LogP) is 3.08. The maximum absolute atomic E-state index is 12.2.